The minimum atomic E-state index is -0.202. The molecule has 1 rings (SSSR count). The number of aryl methyl sites for hydroxylation is 2. The molecular formula is C10H14N2O2S. The SMILES string of the molecule is COC(=O)CCSc1nc(C)cc(C)n1. The van der Waals surface area contributed by atoms with E-state index in [9.17, 15) is 4.79 Å². The standard InChI is InChI=1S/C10H14N2O2S/c1-7-6-8(2)12-10(11-7)15-5-4-9(13)14-3/h6H,4-5H2,1-3H3. The van der Waals surface area contributed by atoms with Gasteiger partial charge in [-0.15, -0.1) is 0 Å². The fraction of sp³-hybridized carbons (Fsp3) is 0.500. The van der Waals surface area contributed by atoms with E-state index in [0.717, 1.165) is 16.5 Å². The predicted octanol–water partition coefficient (Wildman–Crippen LogP) is 1.75. The number of methoxy groups -OCH3 is 1. The highest BCUT2D eigenvalue weighted by molar-refractivity contribution is 7.99. The van der Waals surface area contributed by atoms with Crippen molar-refractivity contribution >= 4 is 17.7 Å². The summed E-state index contributed by atoms with van der Waals surface area (Å²) >= 11 is 1.47. The summed E-state index contributed by atoms with van der Waals surface area (Å²) in [5.74, 6) is 0.446. The summed E-state index contributed by atoms with van der Waals surface area (Å²) in [5.41, 5.74) is 1.89. The lowest BCUT2D eigenvalue weighted by Gasteiger charge is -2.02. The number of rotatable bonds is 4. The summed E-state index contributed by atoms with van der Waals surface area (Å²) in [6.07, 6.45) is 0.386. The van der Waals surface area contributed by atoms with Crippen LogP contribution in [-0.2, 0) is 9.53 Å². The predicted molar refractivity (Wildman–Crippen MR) is 58.9 cm³/mol. The molecular weight excluding hydrogens is 212 g/mol. The lowest BCUT2D eigenvalue weighted by molar-refractivity contribution is -0.140. The maximum atomic E-state index is 10.9. The van der Waals surface area contributed by atoms with Crippen molar-refractivity contribution in [1.29, 1.82) is 0 Å². The maximum absolute atomic E-state index is 10.9. The molecule has 0 amide bonds. The first kappa shape index (κ1) is 12.0. The first-order chi connectivity index (χ1) is 7.11. The summed E-state index contributed by atoms with van der Waals surface area (Å²) in [6.45, 7) is 3.86. The molecule has 0 aliphatic carbocycles. The van der Waals surface area contributed by atoms with Crippen LogP contribution in [0.1, 0.15) is 17.8 Å². The van der Waals surface area contributed by atoms with Gasteiger partial charge in [0.15, 0.2) is 5.16 Å². The van der Waals surface area contributed by atoms with Crippen molar-refractivity contribution in [2.24, 2.45) is 0 Å². The molecule has 82 valence electrons. The summed E-state index contributed by atoms with van der Waals surface area (Å²) in [6, 6.07) is 1.92. The molecule has 0 saturated heterocycles. The van der Waals surface area contributed by atoms with Gasteiger partial charge in [-0.05, 0) is 19.9 Å². The first-order valence-electron chi connectivity index (χ1n) is 4.63. The van der Waals surface area contributed by atoms with Gasteiger partial charge < -0.3 is 4.74 Å². The molecule has 0 aliphatic rings. The molecule has 0 saturated carbocycles. The average molecular weight is 226 g/mol. The van der Waals surface area contributed by atoms with E-state index in [1.165, 1.54) is 18.9 Å². The number of hydrogen-bond acceptors (Lipinski definition) is 5. The summed E-state index contributed by atoms with van der Waals surface area (Å²) < 4.78 is 4.54. The molecule has 0 radical (unpaired) electrons. The van der Waals surface area contributed by atoms with Crippen molar-refractivity contribution in [2.75, 3.05) is 12.9 Å². The van der Waals surface area contributed by atoms with Gasteiger partial charge in [0.25, 0.3) is 0 Å². The third-order valence-corrected chi connectivity index (χ3v) is 2.58. The third kappa shape index (κ3) is 4.29. The van der Waals surface area contributed by atoms with E-state index in [2.05, 4.69) is 14.7 Å². The van der Waals surface area contributed by atoms with Crippen molar-refractivity contribution in [1.82, 2.24) is 9.97 Å². The fourth-order valence-electron chi connectivity index (χ4n) is 1.09. The van der Waals surface area contributed by atoms with Gasteiger partial charge in [0.2, 0.25) is 0 Å². The zero-order valence-electron chi connectivity index (χ0n) is 9.11. The van der Waals surface area contributed by atoms with Crippen molar-refractivity contribution in [2.45, 2.75) is 25.4 Å². The average Bonchev–Trinajstić information content (AvgIpc) is 2.16. The van der Waals surface area contributed by atoms with E-state index in [1.807, 2.05) is 19.9 Å². The lowest BCUT2D eigenvalue weighted by Crippen LogP contribution is -2.02. The summed E-state index contributed by atoms with van der Waals surface area (Å²) in [5, 5.41) is 0.719. The topological polar surface area (TPSA) is 52.1 Å². The lowest BCUT2D eigenvalue weighted by atomic mass is 10.4. The molecule has 0 N–H and O–H groups in total. The molecule has 15 heavy (non-hydrogen) atoms. The molecule has 1 aromatic heterocycles. The second-order valence-corrected chi connectivity index (χ2v) is 4.17. The highest BCUT2D eigenvalue weighted by Crippen LogP contribution is 2.14. The van der Waals surface area contributed by atoms with E-state index < -0.39 is 0 Å². The van der Waals surface area contributed by atoms with Crippen LogP contribution in [-0.4, -0.2) is 28.8 Å². The molecule has 0 unspecified atom stereocenters. The summed E-state index contributed by atoms with van der Waals surface area (Å²) in [7, 11) is 1.39. The Kier molecular flexibility index (Phi) is 4.55. The van der Waals surface area contributed by atoms with Crippen LogP contribution in [0.2, 0.25) is 0 Å². The molecule has 0 fully saturated rings. The van der Waals surface area contributed by atoms with E-state index in [1.54, 1.807) is 0 Å². The molecule has 1 heterocycles. The Morgan fingerprint density at radius 2 is 2.00 bits per heavy atom. The molecule has 5 heteroatoms. The number of ether oxygens (including phenoxy) is 1. The number of aromatic nitrogens is 2. The molecule has 0 aromatic carbocycles. The van der Waals surface area contributed by atoms with Gasteiger partial charge in [0.05, 0.1) is 13.5 Å². The molecule has 0 spiro atoms. The largest absolute Gasteiger partial charge is 0.469 e. The van der Waals surface area contributed by atoms with Gasteiger partial charge in [-0.3, -0.25) is 4.79 Å². The van der Waals surface area contributed by atoms with E-state index in [-0.39, 0.29) is 5.97 Å². The van der Waals surface area contributed by atoms with E-state index >= 15 is 0 Å². The van der Waals surface area contributed by atoms with Crippen LogP contribution in [0.4, 0.5) is 0 Å². The smallest absolute Gasteiger partial charge is 0.306 e. The van der Waals surface area contributed by atoms with Gasteiger partial charge in [-0.2, -0.15) is 0 Å². The van der Waals surface area contributed by atoms with Crippen molar-refractivity contribution < 1.29 is 9.53 Å². The number of thioether (sulfide) groups is 1. The zero-order chi connectivity index (χ0) is 11.3. The number of esters is 1. The van der Waals surface area contributed by atoms with Crippen LogP contribution < -0.4 is 0 Å². The molecule has 0 bridgehead atoms. The van der Waals surface area contributed by atoms with Crippen molar-refractivity contribution in [3.8, 4) is 0 Å². The van der Waals surface area contributed by atoms with Crippen LogP contribution in [0.25, 0.3) is 0 Å². The van der Waals surface area contributed by atoms with Crippen molar-refractivity contribution in [3.05, 3.63) is 17.5 Å². The van der Waals surface area contributed by atoms with E-state index in [4.69, 9.17) is 0 Å². The Balaban J connectivity index is 2.47. The van der Waals surface area contributed by atoms with Crippen LogP contribution in [0.3, 0.4) is 0 Å². The number of nitrogens with zero attached hydrogens (tertiary/aromatic N) is 2. The molecule has 0 aliphatic heterocycles. The van der Waals surface area contributed by atoms with E-state index in [0.29, 0.717) is 12.2 Å². The first-order valence-corrected chi connectivity index (χ1v) is 5.62. The van der Waals surface area contributed by atoms with Crippen LogP contribution >= 0.6 is 11.8 Å². The summed E-state index contributed by atoms with van der Waals surface area (Å²) in [4.78, 5) is 19.4. The van der Waals surface area contributed by atoms with Gasteiger partial charge in [0.1, 0.15) is 0 Å². The fourth-order valence-corrected chi connectivity index (χ4v) is 1.95. The number of carbonyl (C=O) groups is 1. The Morgan fingerprint density at radius 1 is 1.40 bits per heavy atom. The Morgan fingerprint density at radius 3 is 2.53 bits per heavy atom. The Hall–Kier alpha value is -1.10. The minimum absolute atomic E-state index is 0.202. The molecule has 0 atom stereocenters. The van der Waals surface area contributed by atoms with Crippen molar-refractivity contribution in [3.63, 3.8) is 0 Å². The highest BCUT2D eigenvalue weighted by atomic mass is 32.2. The second-order valence-electron chi connectivity index (χ2n) is 3.11. The highest BCUT2D eigenvalue weighted by Gasteiger charge is 2.03. The maximum Gasteiger partial charge on any atom is 0.306 e. The third-order valence-electron chi connectivity index (χ3n) is 1.73. The van der Waals surface area contributed by atoms with Crippen LogP contribution in [0.15, 0.2) is 11.2 Å². The zero-order valence-corrected chi connectivity index (χ0v) is 9.93. The Labute approximate surface area is 93.5 Å². The molecule has 1 aromatic rings. The van der Waals surface area contributed by atoms with Crippen LogP contribution in [0.5, 0.6) is 0 Å². The number of carbonyl (C=O) groups excluding carboxylic acids is 1. The minimum Gasteiger partial charge on any atom is -0.469 e. The van der Waals surface area contributed by atoms with Gasteiger partial charge in [-0.1, -0.05) is 11.8 Å². The second kappa shape index (κ2) is 5.70. The Bertz CT molecular complexity index is 335. The quantitative estimate of drug-likeness (QED) is 0.445. The monoisotopic (exact) mass is 226 g/mol. The number of hydrogen-bond donors (Lipinski definition) is 0. The van der Waals surface area contributed by atoms with Gasteiger partial charge in [0, 0.05) is 17.1 Å². The normalized spacial score (nSPS) is 10.1. The van der Waals surface area contributed by atoms with Crippen LogP contribution in [0, 0.1) is 13.8 Å². The van der Waals surface area contributed by atoms with Gasteiger partial charge >= 0.3 is 5.97 Å². The molecule has 4 nitrogen and oxygen atoms in total. The van der Waals surface area contributed by atoms with Gasteiger partial charge in [-0.25, -0.2) is 9.97 Å².